The first-order valence-corrected chi connectivity index (χ1v) is 7.04. The first-order valence-electron chi connectivity index (χ1n) is 6.63. The molecule has 2 heterocycles. The first-order chi connectivity index (χ1) is 9.31. The molecular formula is C14H17N3OS. The molecule has 2 N–H and O–H groups in total. The Hall–Kier alpha value is -1.46. The van der Waals surface area contributed by atoms with E-state index < -0.39 is 0 Å². The molecule has 0 unspecified atom stereocenters. The van der Waals surface area contributed by atoms with Gasteiger partial charge in [-0.25, -0.2) is 0 Å². The van der Waals surface area contributed by atoms with E-state index in [0.717, 1.165) is 41.5 Å². The lowest BCUT2D eigenvalue weighted by Crippen LogP contribution is -2.40. The number of benzene rings is 1. The summed E-state index contributed by atoms with van der Waals surface area (Å²) in [6.07, 6.45) is 2.19. The van der Waals surface area contributed by atoms with Crippen molar-refractivity contribution in [1.82, 2.24) is 4.90 Å². The second-order valence-corrected chi connectivity index (χ2v) is 5.20. The molecule has 5 heteroatoms. The zero-order chi connectivity index (χ0) is 13.2. The van der Waals surface area contributed by atoms with E-state index in [4.69, 9.17) is 17.3 Å². The number of nitrogens with zero attached hydrogens (tertiary/aromatic N) is 2. The van der Waals surface area contributed by atoms with Crippen molar-refractivity contribution < 1.29 is 5.11 Å². The summed E-state index contributed by atoms with van der Waals surface area (Å²) in [5, 5.41) is 12.4. The van der Waals surface area contributed by atoms with E-state index in [0.29, 0.717) is 6.54 Å². The fourth-order valence-corrected chi connectivity index (χ4v) is 3.16. The van der Waals surface area contributed by atoms with Crippen LogP contribution in [0.15, 0.2) is 29.3 Å². The smallest absolute Gasteiger partial charge is 0.124 e. The van der Waals surface area contributed by atoms with Crippen molar-refractivity contribution in [2.75, 3.05) is 25.0 Å². The molecule has 2 aliphatic heterocycles. The SMILES string of the molecule is OCCN=C1Nc2ccccc2C(=S)N2CCC[C@@H]12. The number of aliphatic imine (C=N–C) groups is 1. The third kappa shape index (κ3) is 2.24. The fraction of sp³-hybridized carbons (Fsp3) is 0.429. The van der Waals surface area contributed by atoms with Gasteiger partial charge in [0.25, 0.3) is 0 Å². The molecule has 1 fully saturated rings. The third-order valence-electron chi connectivity index (χ3n) is 3.63. The Labute approximate surface area is 118 Å². The fourth-order valence-electron chi connectivity index (χ4n) is 2.76. The maximum atomic E-state index is 8.98. The van der Waals surface area contributed by atoms with Crippen LogP contribution in [0.3, 0.4) is 0 Å². The van der Waals surface area contributed by atoms with E-state index in [-0.39, 0.29) is 12.6 Å². The van der Waals surface area contributed by atoms with Gasteiger partial charge in [-0.1, -0.05) is 24.4 Å². The summed E-state index contributed by atoms with van der Waals surface area (Å²) in [4.78, 5) is 7.65. The van der Waals surface area contributed by atoms with E-state index in [2.05, 4.69) is 21.3 Å². The molecule has 0 amide bonds. The predicted molar refractivity (Wildman–Crippen MR) is 80.9 cm³/mol. The summed E-state index contributed by atoms with van der Waals surface area (Å²) < 4.78 is 0. The Bertz CT molecular complexity index is 529. The highest BCUT2D eigenvalue weighted by Crippen LogP contribution is 2.29. The molecule has 1 aromatic carbocycles. The van der Waals surface area contributed by atoms with E-state index in [1.807, 2.05) is 18.2 Å². The minimum Gasteiger partial charge on any atom is -0.394 e. The number of amidine groups is 1. The number of nitrogens with one attached hydrogen (secondary N) is 1. The standard InChI is InChI=1S/C14H17N3OS/c18-9-7-15-13-12-6-3-8-17(12)14(19)10-4-1-2-5-11(10)16-13/h1-2,4-5,12,18H,3,6-9H2,(H,15,16)/t12-/m0/s1. The monoisotopic (exact) mass is 275 g/mol. The van der Waals surface area contributed by atoms with Crippen molar-refractivity contribution in [2.24, 2.45) is 4.99 Å². The molecule has 1 atom stereocenters. The Morgan fingerprint density at radius 1 is 1.42 bits per heavy atom. The van der Waals surface area contributed by atoms with Gasteiger partial charge in [-0.3, -0.25) is 4.99 Å². The van der Waals surface area contributed by atoms with Gasteiger partial charge in [0.15, 0.2) is 0 Å². The summed E-state index contributed by atoms with van der Waals surface area (Å²) in [7, 11) is 0. The van der Waals surface area contributed by atoms with Gasteiger partial charge in [0, 0.05) is 17.8 Å². The summed E-state index contributed by atoms with van der Waals surface area (Å²) in [6, 6.07) is 8.31. The van der Waals surface area contributed by atoms with Gasteiger partial charge < -0.3 is 15.3 Å². The van der Waals surface area contributed by atoms with Crippen LogP contribution in [0.4, 0.5) is 5.69 Å². The lowest BCUT2D eigenvalue weighted by Gasteiger charge is -2.24. The van der Waals surface area contributed by atoms with Crippen LogP contribution in [0.1, 0.15) is 18.4 Å². The molecule has 0 aromatic heterocycles. The average Bonchev–Trinajstić information content (AvgIpc) is 2.88. The molecule has 0 bridgehead atoms. The number of hydrogen-bond donors (Lipinski definition) is 2. The molecule has 100 valence electrons. The maximum Gasteiger partial charge on any atom is 0.124 e. The largest absolute Gasteiger partial charge is 0.394 e. The summed E-state index contributed by atoms with van der Waals surface area (Å²) >= 11 is 5.63. The Morgan fingerprint density at radius 2 is 2.26 bits per heavy atom. The molecule has 0 spiro atoms. The summed E-state index contributed by atoms with van der Waals surface area (Å²) in [5.41, 5.74) is 2.08. The topological polar surface area (TPSA) is 47.9 Å². The third-order valence-corrected chi connectivity index (χ3v) is 4.09. The molecule has 19 heavy (non-hydrogen) atoms. The van der Waals surface area contributed by atoms with Crippen LogP contribution in [0.5, 0.6) is 0 Å². The second kappa shape index (κ2) is 5.27. The molecule has 0 saturated carbocycles. The van der Waals surface area contributed by atoms with Gasteiger partial charge in [-0.2, -0.15) is 0 Å². The number of para-hydroxylation sites is 1. The Morgan fingerprint density at radius 3 is 3.11 bits per heavy atom. The quantitative estimate of drug-likeness (QED) is 0.806. The molecule has 3 rings (SSSR count). The highest BCUT2D eigenvalue weighted by molar-refractivity contribution is 7.80. The lowest BCUT2D eigenvalue weighted by atomic mass is 10.1. The number of hydrogen-bond acceptors (Lipinski definition) is 3. The normalized spacial score (nSPS) is 23.8. The first kappa shape index (κ1) is 12.6. The minimum atomic E-state index is 0.0734. The number of aliphatic hydroxyl groups is 1. The van der Waals surface area contributed by atoms with Crippen molar-refractivity contribution >= 4 is 28.7 Å². The van der Waals surface area contributed by atoms with Gasteiger partial charge in [-0.05, 0) is 25.0 Å². The number of aliphatic hydroxyl groups excluding tert-OH is 1. The number of fused-ring (bicyclic) bond motifs is 2. The maximum absolute atomic E-state index is 8.98. The van der Waals surface area contributed by atoms with Gasteiger partial charge in [0.1, 0.15) is 10.8 Å². The Balaban J connectivity index is 2.04. The average molecular weight is 275 g/mol. The summed E-state index contributed by atoms with van der Waals surface area (Å²) in [5.74, 6) is 0.929. The summed E-state index contributed by atoms with van der Waals surface area (Å²) in [6.45, 7) is 1.49. The van der Waals surface area contributed by atoms with Crippen molar-refractivity contribution in [3.05, 3.63) is 29.8 Å². The molecule has 0 radical (unpaired) electrons. The van der Waals surface area contributed by atoms with Crippen molar-refractivity contribution in [1.29, 1.82) is 0 Å². The van der Waals surface area contributed by atoms with Crippen LogP contribution in [-0.2, 0) is 0 Å². The number of rotatable bonds is 2. The van der Waals surface area contributed by atoms with Crippen molar-refractivity contribution in [2.45, 2.75) is 18.9 Å². The molecule has 2 aliphatic rings. The van der Waals surface area contributed by atoms with Gasteiger partial charge in [-0.15, -0.1) is 0 Å². The van der Waals surface area contributed by atoms with E-state index in [1.165, 1.54) is 0 Å². The zero-order valence-corrected chi connectivity index (χ0v) is 11.5. The molecule has 0 aliphatic carbocycles. The van der Waals surface area contributed by atoms with Crippen LogP contribution in [0.25, 0.3) is 0 Å². The van der Waals surface area contributed by atoms with Crippen LogP contribution >= 0.6 is 12.2 Å². The van der Waals surface area contributed by atoms with Gasteiger partial charge >= 0.3 is 0 Å². The number of anilines is 1. The molecular weight excluding hydrogens is 258 g/mol. The van der Waals surface area contributed by atoms with E-state index in [1.54, 1.807) is 0 Å². The minimum absolute atomic E-state index is 0.0734. The molecule has 4 nitrogen and oxygen atoms in total. The lowest BCUT2D eigenvalue weighted by molar-refractivity contribution is 0.306. The zero-order valence-electron chi connectivity index (χ0n) is 10.7. The predicted octanol–water partition coefficient (Wildman–Crippen LogP) is 1.64. The molecule has 1 saturated heterocycles. The highest BCUT2D eigenvalue weighted by atomic mass is 32.1. The van der Waals surface area contributed by atoms with Crippen LogP contribution < -0.4 is 5.32 Å². The molecule has 1 aromatic rings. The highest BCUT2D eigenvalue weighted by Gasteiger charge is 2.34. The van der Waals surface area contributed by atoms with Crippen molar-refractivity contribution in [3.8, 4) is 0 Å². The number of thiocarbonyl (C=S) groups is 1. The van der Waals surface area contributed by atoms with Crippen molar-refractivity contribution in [3.63, 3.8) is 0 Å². The second-order valence-electron chi connectivity index (χ2n) is 4.82. The van der Waals surface area contributed by atoms with Gasteiger partial charge in [0.2, 0.25) is 0 Å². The van der Waals surface area contributed by atoms with Crippen LogP contribution in [0.2, 0.25) is 0 Å². The van der Waals surface area contributed by atoms with Gasteiger partial charge in [0.05, 0.1) is 19.2 Å². The van der Waals surface area contributed by atoms with E-state index >= 15 is 0 Å². The Kier molecular flexibility index (Phi) is 3.48. The van der Waals surface area contributed by atoms with Crippen LogP contribution in [-0.4, -0.2) is 46.6 Å². The van der Waals surface area contributed by atoms with E-state index in [9.17, 15) is 0 Å². The van der Waals surface area contributed by atoms with Crippen LogP contribution in [0, 0.1) is 0 Å².